The van der Waals surface area contributed by atoms with E-state index in [1.807, 2.05) is 0 Å². The van der Waals surface area contributed by atoms with Crippen molar-refractivity contribution in [2.45, 2.75) is 80.9 Å². The molecule has 3 aliphatic rings. The molecule has 3 aliphatic heterocycles. The molecule has 2 fully saturated rings. The number of hydrogen-bond donors (Lipinski definition) is 8. The van der Waals surface area contributed by atoms with E-state index in [4.69, 9.17) is 28.4 Å². The van der Waals surface area contributed by atoms with Gasteiger partial charge >= 0.3 is 0 Å². The molecular weight excluding hydrogens is 576 g/mol. The summed E-state index contributed by atoms with van der Waals surface area (Å²) < 4.78 is 33.7. The fourth-order valence-corrected chi connectivity index (χ4v) is 5.29. The summed E-state index contributed by atoms with van der Waals surface area (Å²) in [7, 11) is 1.39. The zero-order valence-corrected chi connectivity index (χ0v) is 23.1. The molecule has 11 atom stereocenters. The topological polar surface area (TPSA) is 234 Å². The van der Waals surface area contributed by atoms with E-state index in [0.29, 0.717) is 5.56 Å². The number of methoxy groups -OCH3 is 1. The van der Waals surface area contributed by atoms with Crippen molar-refractivity contribution in [2.24, 2.45) is 0 Å². The lowest BCUT2D eigenvalue weighted by atomic mass is 9.95. The maximum Gasteiger partial charge on any atom is 0.229 e. The Labute approximate surface area is 245 Å². The van der Waals surface area contributed by atoms with Crippen LogP contribution in [-0.2, 0) is 14.2 Å². The highest BCUT2D eigenvalue weighted by molar-refractivity contribution is 6.02. The molecule has 2 aromatic rings. The predicted molar refractivity (Wildman–Crippen MR) is 141 cm³/mol. The Morgan fingerprint density at radius 2 is 1.63 bits per heavy atom. The van der Waals surface area contributed by atoms with Crippen molar-refractivity contribution >= 4 is 5.78 Å². The molecule has 236 valence electrons. The third-order valence-electron chi connectivity index (χ3n) is 7.72. The lowest BCUT2D eigenvalue weighted by Crippen LogP contribution is -2.64. The number of hydrogen-bond acceptors (Lipinski definition) is 15. The van der Waals surface area contributed by atoms with Crippen molar-refractivity contribution in [1.82, 2.24) is 0 Å². The van der Waals surface area contributed by atoms with Gasteiger partial charge < -0.3 is 69.3 Å². The molecule has 8 N–H and O–H groups in total. The number of aliphatic hydroxyl groups excluding tert-OH is 6. The van der Waals surface area contributed by atoms with Crippen LogP contribution in [0, 0.1) is 0 Å². The number of carbonyl (C=O) groups is 1. The Morgan fingerprint density at radius 3 is 2.30 bits per heavy atom. The molecule has 43 heavy (non-hydrogen) atoms. The van der Waals surface area contributed by atoms with Gasteiger partial charge in [-0.05, 0) is 24.6 Å². The number of Topliss-reactive ketones (excluding diaryl/α,β-unsaturated/α-hetero) is 1. The van der Waals surface area contributed by atoms with Gasteiger partial charge in [-0.3, -0.25) is 4.79 Å². The van der Waals surface area contributed by atoms with Gasteiger partial charge in [0.2, 0.25) is 6.29 Å². The molecule has 0 saturated carbocycles. The minimum Gasteiger partial charge on any atom is -0.507 e. The van der Waals surface area contributed by atoms with Gasteiger partial charge in [0.15, 0.2) is 29.7 Å². The number of ether oxygens (including phenoxy) is 6. The third-order valence-corrected chi connectivity index (χ3v) is 7.72. The van der Waals surface area contributed by atoms with Crippen molar-refractivity contribution in [1.29, 1.82) is 0 Å². The van der Waals surface area contributed by atoms with Crippen molar-refractivity contribution in [3.8, 4) is 28.7 Å². The molecule has 15 heteroatoms. The van der Waals surface area contributed by atoms with E-state index in [1.54, 1.807) is 6.07 Å². The molecule has 0 amide bonds. The molecule has 0 spiro atoms. The molecule has 0 unspecified atom stereocenters. The van der Waals surface area contributed by atoms with E-state index in [2.05, 4.69) is 0 Å². The number of phenolic OH excluding ortho intramolecular Hbond substituents is 2. The number of ketones is 1. The second-order valence-electron chi connectivity index (χ2n) is 10.6. The van der Waals surface area contributed by atoms with Crippen LogP contribution in [0.15, 0.2) is 30.3 Å². The molecule has 15 nitrogen and oxygen atoms in total. The largest absolute Gasteiger partial charge is 0.507 e. The first-order valence-corrected chi connectivity index (χ1v) is 13.5. The summed E-state index contributed by atoms with van der Waals surface area (Å²) in [4.78, 5) is 13.0. The Bertz CT molecular complexity index is 1320. The lowest BCUT2D eigenvalue weighted by Gasteiger charge is -2.45. The quantitative estimate of drug-likeness (QED) is 0.185. The zero-order valence-electron chi connectivity index (χ0n) is 23.1. The van der Waals surface area contributed by atoms with Crippen LogP contribution in [-0.4, -0.2) is 122 Å². The molecular formula is C28H34O15. The molecule has 0 bridgehead atoms. The molecule has 2 aromatic carbocycles. The van der Waals surface area contributed by atoms with E-state index >= 15 is 0 Å². The van der Waals surface area contributed by atoms with Crippen molar-refractivity contribution < 1.29 is 74.1 Å². The molecule has 2 saturated heterocycles. The van der Waals surface area contributed by atoms with Crippen LogP contribution in [0.25, 0.3) is 0 Å². The van der Waals surface area contributed by atoms with Crippen LogP contribution in [0.2, 0.25) is 0 Å². The average Bonchev–Trinajstić information content (AvgIpc) is 2.97. The molecule has 5 rings (SSSR count). The maximum absolute atomic E-state index is 13.0. The molecule has 0 radical (unpaired) electrons. The van der Waals surface area contributed by atoms with E-state index in [0.717, 1.165) is 6.07 Å². The van der Waals surface area contributed by atoms with Gasteiger partial charge in [0.1, 0.15) is 65.5 Å². The maximum atomic E-state index is 13.0. The Balaban J connectivity index is 1.41. The minimum atomic E-state index is -1.76. The van der Waals surface area contributed by atoms with Crippen LogP contribution < -0.4 is 14.2 Å². The standard InChI is InChI=1S/C28H34O15/c1-10-21(33)23(35)25(37)27(39-10)43-26-24(36)22(34)19(9-29)42-28(26)40-12-6-14(31)20-15(32)8-17(41-18(20)7-12)11-3-4-16(38-2)13(30)5-11/h3-7,10,17,19,21-31,33-37H,8-9H2,1-2H3/t10-,17+,19+,21-,22+,23+,24-,25+,26+,27+,28+/m1/s1. The van der Waals surface area contributed by atoms with Gasteiger partial charge in [0.05, 0.1) is 26.2 Å². The Morgan fingerprint density at radius 1 is 0.884 bits per heavy atom. The minimum absolute atomic E-state index is 0.0592. The smallest absolute Gasteiger partial charge is 0.229 e. The van der Waals surface area contributed by atoms with Crippen LogP contribution in [0.4, 0.5) is 0 Å². The molecule has 0 aliphatic carbocycles. The Kier molecular flexibility index (Phi) is 8.99. The number of phenols is 2. The second-order valence-corrected chi connectivity index (χ2v) is 10.6. The van der Waals surface area contributed by atoms with E-state index in [9.17, 15) is 45.6 Å². The van der Waals surface area contributed by atoms with Crippen LogP contribution in [0.1, 0.15) is 35.4 Å². The van der Waals surface area contributed by atoms with Crippen LogP contribution in [0.3, 0.4) is 0 Å². The van der Waals surface area contributed by atoms with Gasteiger partial charge in [-0.2, -0.15) is 0 Å². The van der Waals surface area contributed by atoms with Gasteiger partial charge in [-0.25, -0.2) is 0 Å². The molecule has 0 aromatic heterocycles. The van der Waals surface area contributed by atoms with Crippen molar-refractivity contribution in [2.75, 3.05) is 13.7 Å². The van der Waals surface area contributed by atoms with Crippen molar-refractivity contribution in [3.63, 3.8) is 0 Å². The summed E-state index contributed by atoms with van der Waals surface area (Å²) in [6, 6.07) is 6.89. The summed E-state index contributed by atoms with van der Waals surface area (Å²) >= 11 is 0. The number of rotatable bonds is 7. The van der Waals surface area contributed by atoms with Gasteiger partial charge in [-0.15, -0.1) is 0 Å². The zero-order chi connectivity index (χ0) is 31.2. The van der Waals surface area contributed by atoms with E-state index < -0.39 is 85.7 Å². The predicted octanol–water partition coefficient (Wildman–Crippen LogP) is -1.16. The van der Waals surface area contributed by atoms with Gasteiger partial charge in [-0.1, -0.05) is 6.07 Å². The fraction of sp³-hybridized carbons (Fsp3) is 0.536. The number of fused-ring (bicyclic) bond motifs is 1. The van der Waals surface area contributed by atoms with E-state index in [1.165, 1.54) is 32.2 Å². The van der Waals surface area contributed by atoms with Crippen LogP contribution >= 0.6 is 0 Å². The number of carbonyl (C=O) groups excluding carboxylic acids is 1. The highest BCUT2D eigenvalue weighted by atomic mass is 16.8. The fourth-order valence-electron chi connectivity index (χ4n) is 5.29. The lowest BCUT2D eigenvalue weighted by molar-refractivity contribution is -0.354. The normalized spacial score (nSPS) is 36.0. The number of benzene rings is 2. The Hall–Kier alpha value is -3.25. The first-order chi connectivity index (χ1) is 20.4. The average molecular weight is 611 g/mol. The van der Waals surface area contributed by atoms with E-state index in [-0.39, 0.29) is 35.0 Å². The highest BCUT2D eigenvalue weighted by Gasteiger charge is 2.51. The third kappa shape index (κ3) is 5.95. The SMILES string of the molecule is COc1ccc([C@@H]2CC(=O)c3c(O)cc(O[C@H]4O[C@@H](CO)[C@H](O)[C@@H](O)[C@@H]4O[C@@H]4O[C@H](C)[C@@H](O)[C@H](O)[C@@H]4O)cc3O2)cc1O. The first-order valence-electron chi connectivity index (χ1n) is 13.5. The van der Waals surface area contributed by atoms with Crippen molar-refractivity contribution in [3.05, 3.63) is 41.5 Å². The highest BCUT2D eigenvalue weighted by Crippen LogP contribution is 2.43. The first kappa shape index (κ1) is 31.2. The molecule has 3 heterocycles. The number of aliphatic hydroxyl groups is 6. The summed E-state index contributed by atoms with van der Waals surface area (Å²) in [5.74, 6) is -1.06. The summed E-state index contributed by atoms with van der Waals surface area (Å²) in [6.07, 6.45) is -16.3. The summed E-state index contributed by atoms with van der Waals surface area (Å²) in [6.45, 7) is 0.699. The number of aromatic hydroxyl groups is 2. The monoisotopic (exact) mass is 610 g/mol. The summed E-state index contributed by atoms with van der Waals surface area (Å²) in [5, 5.41) is 82.4. The van der Waals surface area contributed by atoms with Gasteiger partial charge in [0.25, 0.3) is 0 Å². The summed E-state index contributed by atoms with van der Waals surface area (Å²) in [5.41, 5.74) is 0.352. The second kappa shape index (κ2) is 12.4. The van der Waals surface area contributed by atoms with Crippen LogP contribution in [0.5, 0.6) is 28.7 Å². The van der Waals surface area contributed by atoms with Gasteiger partial charge in [0, 0.05) is 12.1 Å².